The molecule has 156 valence electrons. The molecule has 28 heavy (non-hydrogen) atoms. The van der Waals surface area contributed by atoms with Crippen molar-refractivity contribution >= 4 is 21.8 Å². The number of sulfonamides is 1. The molecule has 0 aromatic heterocycles. The SMILES string of the molecule is COCCNS(=O)(=O)c1cccc(C(=O)NCCNC(=O)C2CCCCC2)c1. The zero-order valence-corrected chi connectivity index (χ0v) is 17.0. The number of amides is 2. The molecular formula is C19H29N3O5S. The predicted molar refractivity (Wildman–Crippen MR) is 105 cm³/mol. The van der Waals surface area contributed by atoms with Gasteiger partial charge in [0.2, 0.25) is 15.9 Å². The van der Waals surface area contributed by atoms with Crippen LogP contribution in [0.25, 0.3) is 0 Å². The highest BCUT2D eigenvalue weighted by molar-refractivity contribution is 7.89. The second-order valence-electron chi connectivity index (χ2n) is 6.80. The van der Waals surface area contributed by atoms with E-state index < -0.39 is 10.0 Å². The van der Waals surface area contributed by atoms with E-state index in [1.54, 1.807) is 6.07 Å². The highest BCUT2D eigenvalue weighted by Crippen LogP contribution is 2.23. The van der Waals surface area contributed by atoms with Gasteiger partial charge in [0.15, 0.2) is 0 Å². The van der Waals surface area contributed by atoms with Gasteiger partial charge in [0.25, 0.3) is 5.91 Å². The number of benzene rings is 1. The lowest BCUT2D eigenvalue weighted by Gasteiger charge is -2.20. The molecule has 1 fully saturated rings. The summed E-state index contributed by atoms with van der Waals surface area (Å²) in [6.07, 6.45) is 5.23. The average Bonchev–Trinajstić information content (AvgIpc) is 2.71. The van der Waals surface area contributed by atoms with Crippen LogP contribution in [0.4, 0.5) is 0 Å². The summed E-state index contributed by atoms with van der Waals surface area (Å²) in [4.78, 5) is 24.4. The van der Waals surface area contributed by atoms with Gasteiger partial charge < -0.3 is 15.4 Å². The smallest absolute Gasteiger partial charge is 0.251 e. The van der Waals surface area contributed by atoms with Gasteiger partial charge >= 0.3 is 0 Å². The molecule has 9 heteroatoms. The molecule has 0 saturated heterocycles. The highest BCUT2D eigenvalue weighted by Gasteiger charge is 2.20. The first-order valence-electron chi connectivity index (χ1n) is 9.58. The molecule has 2 amide bonds. The van der Waals surface area contributed by atoms with E-state index in [0.717, 1.165) is 25.7 Å². The van der Waals surface area contributed by atoms with Gasteiger partial charge in [0.1, 0.15) is 0 Å². The van der Waals surface area contributed by atoms with Gasteiger partial charge in [0, 0.05) is 38.2 Å². The fourth-order valence-electron chi connectivity index (χ4n) is 3.14. The third kappa shape index (κ3) is 6.88. The van der Waals surface area contributed by atoms with Crippen molar-refractivity contribution in [1.82, 2.24) is 15.4 Å². The summed E-state index contributed by atoms with van der Waals surface area (Å²) in [5.74, 6) is -0.262. The molecule has 1 aliphatic rings. The molecule has 1 aromatic carbocycles. The van der Waals surface area contributed by atoms with Crippen LogP contribution < -0.4 is 15.4 Å². The largest absolute Gasteiger partial charge is 0.383 e. The Morgan fingerprint density at radius 2 is 1.79 bits per heavy atom. The number of nitrogens with one attached hydrogen (secondary N) is 3. The van der Waals surface area contributed by atoms with Crippen LogP contribution in [0, 0.1) is 5.92 Å². The Morgan fingerprint density at radius 3 is 2.50 bits per heavy atom. The van der Waals surface area contributed by atoms with Gasteiger partial charge in [-0.1, -0.05) is 25.3 Å². The van der Waals surface area contributed by atoms with Crippen molar-refractivity contribution in [2.75, 3.05) is 33.4 Å². The van der Waals surface area contributed by atoms with Crippen LogP contribution in [-0.4, -0.2) is 53.6 Å². The van der Waals surface area contributed by atoms with Gasteiger partial charge in [-0.15, -0.1) is 0 Å². The third-order valence-electron chi connectivity index (χ3n) is 4.69. The van der Waals surface area contributed by atoms with Gasteiger partial charge in [0.05, 0.1) is 11.5 Å². The second kappa shape index (κ2) is 11.1. The van der Waals surface area contributed by atoms with Crippen LogP contribution in [0.2, 0.25) is 0 Å². The average molecular weight is 412 g/mol. The quantitative estimate of drug-likeness (QED) is 0.498. The molecule has 2 rings (SSSR count). The van der Waals surface area contributed by atoms with Crippen molar-refractivity contribution in [2.45, 2.75) is 37.0 Å². The van der Waals surface area contributed by atoms with Gasteiger partial charge in [-0.3, -0.25) is 9.59 Å². The Hall–Kier alpha value is -1.97. The first-order valence-corrected chi connectivity index (χ1v) is 11.1. The molecule has 0 bridgehead atoms. The molecule has 0 radical (unpaired) electrons. The summed E-state index contributed by atoms with van der Waals surface area (Å²) in [6, 6.07) is 5.82. The minimum absolute atomic E-state index is 0.0156. The standard InChI is InChI=1S/C19H29N3O5S/c1-27-13-12-22-28(25,26)17-9-5-8-16(14-17)19(24)21-11-10-20-18(23)15-6-3-2-4-7-15/h5,8-9,14-15,22H,2-4,6-7,10-13H2,1H3,(H,20,23)(H,21,24). The van der Waals surface area contributed by atoms with E-state index in [9.17, 15) is 18.0 Å². The molecule has 0 aliphatic heterocycles. The van der Waals surface area contributed by atoms with E-state index in [1.807, 2.05) is 0 Å². The van der Waals surface area contributed by atoms with Crippen LogP contribution in [0.15, 0.2) is 29.2 Å². The maximum Gasteiger partial charge on any atom is 0.251 e. The molecule has 0 spiro atoms. The van der Waals surface area contributed by atoms with Gasteiger partial charge in [-0.05, 0) is 31.0 Å². The van der Waals surface area contributed by atoms with Crippen molar-refractivity contribution < 1.29 is 22.7 Å². The first kappa shape index (κ1) is 22.3. The Morgan fingerprint density at radius 1 is 1.07 bits per heavy atom. The number of methoxy groups -OCH3 is 1. The number of hydrogen-bond acceptors (Lipinski definition) is 5. The van der Waals surface area contributed by atoms with Crippen molar-refractivity contribution in [3.63, 3.8) is 0 Å². The molecule has 0 heterocycles. The summed E-state index contributed by atoms with van der Waals surface area (Å²) in [5, 5.41) is 5.55. The van der Waals surface area contributed by atoms with E-state index in [2.05, 4.69) is 15.4 Å². The third-order valence-corrected chi connectivity index (χ3v) is 6.15. The molecule has 1 aromatic rings. The lowest BCUT2D eigenvalue weighted by atomic mass is 9.89. The van der Waals surface area contributed by atoms with E-state index in [1.165, 1.54) is 31.7 Å². The van der Waals surface area contributed by atoms with Crippen molar-refractivity contribution in [3.8, 4) is 0 Å². The predicted octanol–water partition coefficient (Wildman–Crippen LogP) is 1.04. The number of ether oxygens (including phenoxy) is 1. The van der Waals surface area contributed by atoms with E-state index in [4.69, 9.17) is 4.74 Å². The molecule has 8 nitrogen and oxygen atoms in total. The Balaban J connectivity index is 1.81. The van der Waals surface area contributed by atoms with Crippen LogP contribution in [0.5, 0.6) is 0 Å². The van der Waals surface area contributed by atoms with E-state index in [0.29, 0.717) is 6.54 Å². The first-order chi connectivity index (χ1) is 13.4. The minimum atomic E-state index is -3.70. The Bertz CT molecular complexity index is 761. The summed E-state index contributed by atoms with van der Waals surface area (Å²) < 4.78 is 31.7. The van der Waals surface area contributed by atoms with E-state index in [-0.39, 0.29) is 47.9 Å². The van der Waals surface area contributed by atoms with E-state index >= 15 is 0 Å². The minimum Gasteiger partial charge on any atom is -0.383 e. The molecule has 0 atom stereocenters. The summed E-state index contributed by atoms with van der Waals surface area (Å²) in [7, 11) is -2.22. The van der Waals surface area contributed by atoms with Gasteiger partial charge in [-0.2, -0.15) is 0 Å². The number of carbonyl (C=O) groups is 2. The molecule has 3 N–H and O–H groups in total. The fraction of sp³-hybridized carbons (Fsp3) is 0.579. The molecular weight excluding hydrogens is 382 g/mol. The normalized spacial score (nSPS) is 15.2. The topological polar surface area (TPSA) is 114 Å². The maximum absolute atomic E-state index is 12.3. The van der Waals surface area contributed by atoms with Crippen molar-refractivity contribution in [2.24, 2.45) is 5.92 Å². The fourth-order valence-corrected chi connectivity index (χ4v) is 4.20. The van der Waals surface area contributed by atoms with Crippen LogP contribution >= 0.6 is 0 Å². The van der Waals surface area contributed by atoms with Crippen LogP contribution in [0.1, 0.15) is 42.5 Å². The zero-order valence-electron chi connectivity index (χ0n) is 16.2. The monoisotopic (exact) mass is 411 g/mol. The number of carbonyl (C=O) groups excluding carboxylic acids is 2. The summed E-state index contributed by atoms with van der Waals surface area (Å²) in [6.45, 7) is 1.03. The number of rotatable bonds is 10. The molecule has 1 aliphatic carbocycles. The Labute approximate surface area is 166 Å². The number of hydrogen-bond donors (Lipinski definition) is 3. The maximum atomic E-state index is 12.3. The lowest BCUT2D eigenvalue weighted by Crippen LogP contribution is -2.38. The van der Waals surface area contributed by atoms with Crippen molar-refractivity contribution in [1.29, 1.82) is 0 Å². The highest BCUT2D eigenvalue weighted by atomic mass is 32.2. The van der Waals surface area contributed by atoms with Crippen LogP contribution in [0.3, 0.4) is 0 Å². The summed E-state index contributed by atoms with van der Waals surface area (Å²) in [5.41, 5.74) is 0.244. The summed E-state index contributed by atoms with van der Waals surface area (Å²) >= 11 is 0. The molecule has 0 unspecified atom stereocenters. The van der Waals surface area contributed by atoms with Gasteiger partial charge in [-0.25, -0.2) is 13.1 Å². The zero-order chi connectivity index (χ0) is 20.4. The molecule has 1 saturated carbocycles. The second-order valence-corrected chi connectivity index (χ2v) is 8.57. The Kier molecular flexibility index (Phi) is 8.88. The van der Waals surface area contributed by atoms with Crippen LogP contribution in [-0.2, 0) is 19.6 Å². The van der Waals surface area contributed by atoms with Crippen molar-refractivity contribution in [3.05, 3.63) is 29.8 Å². The lowest BCUT2D eigenvalue weighted by molar-refractivity contribution is -0.125.